The fourth-order valence-corrected chi connectivity index (χ4v) is 3.95. The number of amides is 1. The number of benzene rings is 1. The number of rotatable bonds is 6. The third-order valence-electron chi connectivity index (χ3n) is 3.94. The Morgan fingerprint density at radius 3 is 2.37 bits per heavy atom. The maximum absolute atomic E-state index is 13.3. The largest absolute Gasteiger partial charge is 0.282 e. The topological polar surface area (TPSA) is 47.4 Å². The fourth-order valence-electron chi connectivity index (χ4n) is 2.65. The molecule has 5 nitrogen and oxygen atoms in total. The lowest BCUT2D eigenvalue weighted by atomic mass is 10.1. The molecule has 27 heavy (non-hydrogen) atoms. The van der Waals surface area contributed by atoms with Crippen molar-refractivity contribution < 1.29 is 18.4 Å². The highest BCUT2D eigenvalue weighted by molar-refractivity contribution is 7.27. The minimum Gasteiger partial charge on any atom is -0.274 e. The molecule has 0 aliphatic heterocycles. The number of carbonyl (C=O) groups is 1. The van der Waals surface area contributed by atoms with Crippen molar-refractivity contribution in [2.75, 3.05) is 7.11 Å². The van der Waals surface area contributed by atoms with Crippen molar-refractivity contribution in [1.29, 1.82) is 0 Å². The zero-order valence-electron chi connectivity index (χ0n) is 14.6. The molecule has 148 valence electrons. The third-order valence-corrected chi connectivity index (χ3v) is 5.50. The van der Waals surface area contributed by atoms with Crippen LogP contribution in [-0.4, -0.2) is 33.9 Å². The van der Waals surface area contributed by atoms with Crippen LogP contribution in [0.1, 0.15) is 35.0 Å². The van der Waals surface area contributed by atoms with Gasteiger partial charge in [-0.15, -0.1) is 0 Å². The molecular formula is C16H17Cl3F2N3O2P. The van der Waals surface area contributed by atoms with Crippen LogP contribution in [0.5, 0.6) is 0 Å². The fraction of sp³-hybridized carbons (Fsp3) is 0.375. The SMILES string of the molecule is CON(C(=O)c1c(C(F)F)nn(C)c1P)C(C)Cc1c(Cl)cc(Cl)cc1Cl. The summed E-state index contributed by atoms with van der Waals surface area (Å²) in [5, 5.41) is 5.77. The van der Waals surface area contributed by atoms with E-state index >= 15 is 0 Å². The van der Waals surface area contributed by atoms with Gasteiger partial charge < -0.3 is 0 Å². The molecule has 0 radical (unpaired) electrons. The monoisotopic (exact) mass is 457 g/mol. The highest BCUT2D eigenvalue weighted by Gasteiger charge is 2.32. The molecule has 0 fully saturated rings. The molecule has 0 N–H and O–H groups in total. The van der Waals surface area contributed by atoms with Crippen LogP contribution in [-0.2, 0) is 18.3 Å². The van der Waals surface area contributed by atoms with E-state index in [1.807, 2.05) is 0 Å². The average Bonchev–Trinajstić information content (AvgIpc) is 2.87. The number of hydroxylamine groups is 2. The van der Waals surface area contributed by atoms with Crippen LogP contribution in [0.15, 0.2) is 12.1 Å². The summed E-state index contributed by atoms with van der Waals surface area (Å²) in [7, 11) is 4.99. The van der Waals surface area contributed by atoms with Crippen LogP contribution < -0.4 is 5.44 Å². The first-order valence-corrected chi connectivity index (χ1v) is 9.41. The summed E-state index contributed by atoms with van der Waals surface area (Å²) in [6.45, 7) is 1.68. The molecule has 2 aromatic rings. The van der Waals surface area contributed by atoms with Crippen LogP contribution in [0, 0.1) is 0 Å². The normalized spacial score (nSPS) is 12.5. The number of alkyl halides is 2. The van der Waals surface area contributed by atoms with Crippen molar-refractivity contribution in [3.63, 3.8) is 0 Å². The summed E-state index contributed by atoms with van der Waals surface area (Å²) in [5.41, 5.74) is -0.0348. The number of aryl methyl sites for hydroxylation is 1. The van der Waals surface area contributed by atoms with Gasteiger partial charge in [0, 0.05) is 22.1 Å². The Labute approximate surface area is 172 Å². The van der Waals surface area contributed by atoms with E-state index in [-0.39, 0.29) is 17.4 Å². The van der Waals surface area contributed by atoms with Gasteiger partial charge >= 0.3 is 0 Å². The highest BCUT2D eigenvalue weighted by Crippen LogP contribution is 2.31. The molecule has 2 rings (SSSR count). The molecule has 1 amide bonds. The number of halogens is 5. The second-order valence-corrected chi connectivity index (χ2v) is 7.58. The average molecular weight is 459 g/mol. The Bertz CT molecular complexity index is 841. The predicted molar refractivity (Wildman–Crippen MR) is 105 cm³/mol. The number of aromatic nitrogens is 2. The molecule has 1 aromatic heterocycles. The van der Waals surface area contributed by atoms with E-state index in [4.69, 9.17) is 39.6 Å². The third kappa shape index (κ3) is 4.72. The van der Waals surface area contributed by atoms with Gasteiger partial charge in [0.25, 0.3) is 12.3 Å². The van der Waals surface area contributed by atoms with Gasteiger partial charge in [-0.2, -0.15) is 5.10 Å². The van der Waals surface area contributed by atoms with E-state index < -0.39 is 24.1 Å². The minimum atomic E-state index is -2.90. The van der Waals surface area contributed by atoms with E-state index in [2.05, 4.69) is 14.3 Å². The molecule has 0 saturated carbocycles. The molecule has 2 atom stereocenters. The molecule has 1 heterocycles. The predicted octanol–water partition coefficient (Wildman–Crippen LogP) is 4.45. The van der Waals surface area contributed by atoms with Crippen LogP contribution in [0.25, 0.3) is 0 Å². The van der Waals surface area contributed by atoms with Crippen LogP contribution in [0.3, 0.4) is 0 Å². The van der Waals surface area contributed by atoms with Crippen molar-refractivity contribution in [1.82, 2.24) is 14.8 Å². The number of carbonyl (C=O) groups excluding carboxylic acids is 1. The van der Waals surface area contributed by atoms with Crippen LogP contribution >= 0.6 is 44.0 Å². The summed E-state index contributed by atoms with van der Waals surface area (Å²) in [5.74, 6) is -0.736. The molecule has 0 aliphatic carbocycles. The molecule has 11 heteroatoms. The van der Waals surface area contributed by atoms with Gasteiger partial charge in [-0.1, -0.05) is 44.0 Å². The number of nitrogens with zero attached hydrogens (tertiary/aromatic N) is 3. The Morgan fingerprint density at radius 1 is 1.33 bits per heavy atom. The van der Waals surface area contributed by atoms with Crippen molar-refractivity contribution in [2.24, 2.45) is 7.05 Å². The van der Waals surface area contributed by atoms with Gasteiger partial charge in [-0.05, 0) is 31.0 Å². The van der Waals surface area contributed by atoms with Crippen molar-refractivity contribution in [2.45, 2.75) is 25.8 Å². The Hall–Kier alpha value is -0.980. The molecule has 0 spiro atoms. The minimum absolute atomic E-state index is 0.223. The lowest BCUT2D eigenvalue weighted by molar-refractivity contribution is -0.119. The van der Waals surface area contributed by atoms with Crippen molar-refractivity contribution >= 4 is 55.4 Å². The van der Waals surface area contributed by atoms with Gasteiger partial charge in [-0.25, -0.2) is 13.8 Å². The zero-order chi connectivity index (χ0) is 20.5. The summed E-state index contributed by atoms with van der Waals surface area (Å²) < 4.78 is 27.8. The Morgan fingerprint density at radius 2 is 1.89 bits per heavy atom. The Kier molecular flexibility index (Phi) is 7.45. The number of hydrogen-bond donors (Lipinski definition) is 0. The summed E-state index contributed by atoms with van der Waals surface area (Å²) >= 11 is 18.3. The lowest BCUT2D eigenvalue weighted by Crippen LogP contribution is -2.40. The van der Waals surface area contributed by atoms with Gasteiger partial charge in [0.2, 0.25) is 0 Å². The molecule has 0 aliphatic rings. The van der Waals surface area contributed by atoms with Crippen molar-refractivity contribution in [3.8, 4) is 0 Å². The van der Waals surface area contributed by atoms with E-state index in [1.165, 1.54) is 31.0 Å². The maximum Gasteiger partial charge on any atom is 0.282 e. The Balaban J connectivity index is 2.36. The summed E-state index contributed by atoms with van der Waals surface area (Å²) in [6, 6.07) is 2.51. The maximum atomic E-state index is 13.3. The quantitative estimate of drug-likeness (QED) is 0.475. The van der Waals surface area contributed by atoms with Gasteiger partial charge in [0.05, 0.1) is 24.2 Å². The first kappa shape index (κ1) is 22.3. The molecule has 2 unspecified atom stereocenters. The van der Waals surface area contributed by atoms with Crippen LogP contribution in [0.4, 0.5) is 8.78 Å². The van der Waals surface area contributed by atoms with Gasteiger partial charge in [0.1, 0.15) is 5.69 Å². The standard InChI is InChI=1S/C16H17Cl3F2N3O2P/c1-7(4-9-10(18)5-8(17)6-11(9)19)24(26-3)15(25)12-13(14(20)21)22-23(2)16(12)27/h5-7,14H,4,27H2,1-3H3. The number of hydrogen-bond acceptors (Lipinski definition) is 3. The zero-order valence-corrected chi connectivity index (χ0v) is 18.1. The van der Waals surface area contributed by atoms with Crippen molar-refractivity contribution in [3.05, 3.63) is 44.0 Å². The first-order chi connectivity index (χ1) is 12.6. The first-order valence-electron chi connectivity index (χ1n) is 7.70. The van der Waals surface area contributed by atoms with E-state index in [1.54, 1.807) is 6.92 Å². The molecule has 0 bridgehead atoms. The summed E-state index contributed by atoms with van der Waals surface area (Å²) in [4.78, 5) is 18.1. The lowest BCUT2D eigenvalue weighted by Gasteiger charge is -2.27. The molecule has 0 saturated heterocycles. The highest BCUT2D eigenvalue weighted by atomic mass is 35.5. The van der Waals surface area contributed by atoms with E-state index in [0.29, 0.717) is 20.6 Å². The molecule has 1 aromatic carbocycles. The van der Waals surface area contributed by atoms with E-state index in [0.717, 1.165) is 5.06 Å². The summed E-state index contributed by atoms with van der Waals surface area (Å²) in [6.07, 6.45) is -2.68. The smallest absolute Gasteiger partial charge is 0.274 e. The van der Waals surface area contributed by atoms with E-state index in [9.17, 15) is 13.6 Å². The molecular weight excluding hydrogens is 442 g/mol. The second-order valence-electron chi connectivity index (χ2n) is 5.78. The van der Waals surface area contributed by atoms with Crippen LogP contribution in [0.2, 0.25) is 15.1 Å². The van der Waals surface area contributed by atoms with Gasteiger partial charge in [-0.3, -0.25) is 14.3 Å². The second kappa shape index (κ2) is 9.01. The van der Waals surface area contributed by atoms with Gasteiger partial charge in [0.15, 0.2) is 0 Å².